The minimum Gasteiger partial charge on any atom is -0.456 e. The predicted molar refractivity (Wildman–Crippen MR) is 132 cm³/mol. The number of carbonyl (C=O) groups is 4. The number of β-lactam (4-membered cyclic amide) rings is 1. The Balaban J connectivity index is 1.75. The molecule has 1 saturated heterocycles. The number of nitrogens with zero attached hydrogens (tertiary/aromatic N) is 1. The van der Waals surface area contributed by atoms with Gasteiger partial charge in [-0.25, -0.2) is 4.79 Å². The third kappa shape index (κ3) is 6.86. The van der Waals surface area contributed by atoms with Crippen LogP contribution in [0.4, 0.5) is 0 Å². The van der Waals surface area contributed by atoms with Gasteiger partial charge in [0, 0.05) is 0 Å². The van der Waals surface area contributed by atoms with Crippen LogP contribution in [0, 0.1) is 0 Å². The van der Waals surface area contributed by atoms with E-state index in [0.717, 1.165) is 16.0 Å². The lowest BCUT2D eigenvalue weighted by Crippen LogP contribution is -2.72. The number of amides is 2. The van der Waals surface area contributed by atoms with E-state index in [2.05, 4.69) is 21.2 Å². The van der Waals surface area contributed by atoms with Crippen molar-refractivity contribution in [1.82, 2.24) is 10.2 Å². The standard InChI is InChI=1S/C26H27BrN2O6/c1-17(2)23(26(33)35-15-19-11-7-4-8-12-19)29-24(32)22(25(29)34-16-20(30)14-27)28-21(31)13-18-9-5-3-6-10-18/h3-12,22,25H,13-16H2,1-2H3,(H,28,31)/t22-,25-/m0/s1. The van der Waals surface area contributed by atoms with Crippen LogP contribution in [-0.2, 0) is 41.7 Å². The Hall–Kier alpha value is -3.30. The summed E-state index contributed by atoms with van der Waals surface area (Å²) in [5, 5.41) is 2.75. The highest BCUT2D eigenvalue weighted by Crippen LogP contribution is 2.29. The van der Waals surface area contributed by atoms with Gasteiger partial charge < -0.3 is 14.8 Å². The number of alkyl halides is 1. The Morgan fingerprint density at radius 3 is 2.14 bits per heavy atom. The molecule has 2 atom stereocenters. The molecular weight excluding hydrogens is 516 g/mol. The van der Waals surface area contributed by atoms with Gasteiger partial charge in [0.15, 0.2) is 18.1 Å². The average Bonchev–Trinajstić information content (AvgIpc) is 2.86. The first kappa shape index (κ1) is 26.3. The number of benzene rings is 2. The molecule has 0 saturated carbocycles. The van der Waals surface area contributed by atoms with Crippen molar-refractivity contribution in [3.05, 3.63) is 83.1 Å². The zero-order valence-corrected chi connectivity index (χ0v) is 21.1. The predicted octanol–water partition coefficient (Wildman–Crippen LogP) is 2.90. The van der Waals surface area contributed by atoms with Crippen LogP contribution < -0.4 is 5.32 Å². The number of esters is 1. The van der Waals surface area contributed by atoms with Crippen LogP contribution in [0.2, 0.25) is 0 Å². The highest BCUT2D eigenvalue weighted by molar-refractivity contribution is 9.09. The number of hydrogen-bond acceptors (Lipinski definition) is 6. The van der Waals surface area contributed by atoms with E-state index in [0.29, 0.717) is 5.57 Å². The number of ether oxygens (including phenoxy) is 2. The van der Waals surface area contributed by atoms with E-state index in [1.54, 1.807) is 26.0 Å². The summed E-state index contributed by atoms with van der Waals surface area (Å²) in [6.45, 7) is 3.09. The maximum Gasteiger partial charge on any atom is 0.355 e. The molecule has 1 heterocycles. The fourth-order valence-electron chi connectivity index (χ4n) is 3.56. The monoisotopic (exact) mass is 542 g/mol. The lowest BCUT2D eigenvalue weighted by molar-refractivity contribution is -0.183. The summed E-state index contributed by atoms with van der Waals surface area (Å²) in [6.07, 6.45) is -0.953. The van der Waals surface area contributed by atoms with Crippen LogP contribution in [0.1, 0.15) is 25.0 Å². The molecule has 1 fully saturated rings. The lowest BCUT2D eigenvalue weighted by Gasteiger charge is -2.46. The molecule has 0 spiro atoms. The molecule has 0 radical (unpaired) electrons. The molecule has 0 aliphatic carbocycles. The molecule has 0 bridgehead atoms. The normalized spacial score (nSPS) is 16.8. The topological polar surface area (TPSA) is 102 Å². The van der Waals surface area contributed by atoms with E-state index in [1.807, 2.05) is 48.5 Å². The molecule has 2 amide bonds. The van der Waals surface area contributed by atoms with E-state index in [4.69, 9.17) is 9.47 Å². The van der Waals surface area contributed by atoms with Gasteiger partial charge >= 0.3 is 5.97 Å². The molecule has 184 valence electrons. The number of Topliss-reactive ketones (excluding diaryl/α,β-unsaturated/α-hetero) is 1. The SMILES string of the molecule is CC(C)=C(C(=O)OCc1ccccc1)N1C(=O)[C@H](NC(=O)Cc2ccccc2)[C@@H]1OCC(=O)CBr. The van der Waals surface area contributed by atoms with Crippen LogP contribution in [-0.4, -0.2) is 52.7 Å². The third-order valence-electron chi connectivity index (χ3n) is 5.25. The van der Waals surface area contributed by atoms with Crippen molar-refractivity contribution < 1.29 is 28.7 Å². The summed E-state index contributed by atoms with van der Waals surface area (Å²) >= 11 is 3.08. The molecule has 9 heteroatoms. The second-order valence-electron chi connectivity index (χ2n) is 8.20. The smallest absolute Gasteiger partial charge is 0.355 e. The Bertz CT molecular complexity index is 1100. The van der Waals surface area contributed by atoms with Crippen molar-refractivity contribution >= 4 is 39.5 Å². The minimum atomic E-state index is -1.04. The lowest BCUT2D eigenvalue weighted by atomic mass is 10.0. The Labute approximate surface area is 212 Å². The van der Waals surface area contributed by atoms with Gasteiger partial charge in [-0.05, 0) is 30.5 Å². The van der Waals surface area contributed by atoms with Crippen molar-refractivity contribution in [3.63, 3.8) is 0 Å². The number of carbonyl (C=O) groups excluding carboxylic acids is 4. The molecule has 2 aromatic rings. The Kier molecular flexibility index (Phi) is 9.33. The van der Waals surface area contributed by atoms with Crippen molar-refractivity contribution in [2.24, 2.45) is 0 Å². The summed E-state index contributed by atoms with van der Waals surface area (Å²) in [6, 6.07) is 17.2. The second-order valence-corrected chi connectivity index (χ2v) is 8.76. The summed E-state index contributed by atoms with van der Waals surface area (Å²) < 4.78 is 11.1. The molecule has 1 aliphatic rings. The molecule has 1 aliphatic heterocycles. The molecular formula is C26H27BrN2O6. The van der Waals surface area contributed by atoms with Gasteiger partial charge in [-0.3, -0.25) is 19.3 Å². The Morgan fingerprint density at radius 2 is 1.57 bits per heavy atom. The fraction of sp³-hybridized carbons (Fsp3) is 0.308. The van der Waals surface area contributed by atoms with Gasteiger partial charge in [0.25, 0.3) is 5.91 Å². The Morgan fingerprint density at radius 1 is 0.971 bits per heavy atom. The first-order valence-electron chi connectivity index (χ1n) is 11.1. The molecule has 0 aromatic heterocycles. The van der Waals surface area contributed by atoms with Gasteiger partial charge in [0.1, 0.15) is 18.9 Å². The van der Waals surface area contributed by atoms with E-state index >= 15 is 0 Å². The minimum absolute atomic E-state index is 0.0239. The van der Waals surface area contributed by atoms with Crippen LogP contribution in [0.15, 0.2) is 71.9 Å². The van der Waals surface area contributed by atoms with Gasteiger partial charge in [-0.1, -0.05) is 76.6 Å². The van der Waals surface area contributed by atoms with Crippen molar-refractivity contribution in [3.8, 4) is 0 Å². The maximum atomic E-state index is 13.1. The number of ketones is 1. The van der Waals surface area contributed by atoms with Gasteiger partial charge in [-0.15, -0.1) is 0 Å². The van der Waals surface area contributed by atoms with Crippen molar-refractivity contribution in [2.75, 3.05) is 11.9 Å². The van der Waals surface area contributed by atoms with E-state index in [9.17, 15) is 19.2 Å². The third-order valence-corrected chi connectivity index (χ3v) is 5.88. The highest BCUT2D eigenvalue weighted by atomic mass is 79.9. The van der Waals surface area contributed by atoms with Crippen LogP contribution in [0.5, 0.6) is 0 Å². The first-order valence-corrected chi connectivity index (χ1v) is 12.2. The summed E-state index contributed by atoms with van der Waals surface area (Å²) in [7, 11) is 0. The van der Waals surface area contributed by atoms with Crippen LogP contribution >= 0.6 is 15.9 Å². The van der Waals surface area contributed by atoms with Gasteiger partial charge in [-0.2, -0.15) is 0 Å². The van der Waals surface area contributed by atoms with E-state index in [-0.39, 0.29) is 42.4 Å². The largest absolute Gasteiger partial charge is 0.456 e. The van der Waals surface area contributed by atoms with Crippen LogP contribution in [0.25, 0.3) is 0 Å². The first-order chi connectivity index (χ1) is 16.8. The molecule has 35 heavy (non-hydrogen) atoms. The number of hydrogen-bond donors (Lipinski definition) is 1. The average molecular weight is 543 g/mol. The number of likely N-dealkylation sites (tertiary alicyclic amines) is 1. The molecule has 3 rings (SSSR count). The second kappa shape index (κ2) is 12.4. The number of halogens is 1. The maximum absolute atomic E-state index is 13.1. The molecule has 8 nitrogen and oxygen atoms in total. The molecule has 2 aromatic carbocycles. The van der Waals surface area contributed by atoms with Crippen LogP contribution in [0.3, 0.4) is 0 Å². The quantitative estimate of drug-likeness (QED) is 0.203. The summed E-state index contributed by atoms with van der Waals surface area (Å²) in [4.78, 5) is 51.6. The van der Waals surface area contributed by atoms with Crippen molar-refractivity contribution in [2.45, 2.75) is 39.1 Å². The molecule has 0 unspecified atom stereocenters. The van der Waals surface area contributed by atoms with Crippen molar-refractivity contribution in [1.29, 1.82) is 0 Å². The number of allylic oxidation sites excluding steroid dienone is 1. The van der Waals surface area contributed by atoms with E-state index in [1.165, 1.54) is 0 Å². The van der Waals surface area contributed by atoms with Gasteiger partial charge in [0.05, 0.1) is 11.8 Å². The fourth-order valence-corrected chi connectivity index (χ4v) is 3.72. The number of nitrogens with one attached hydrogen (secondary N) is 1. The van der Waals surface area contributed by atoms with Gasteiger partial charge in [0.2, 0.25) is 5.91 Å². The zero-order chi connectivity index (χ0) is 25.4. The zero-order valence-electron chi connectivity index (χ0n) is 19.5. The summed E-state index contributed by atoms with van der Waals surface area (Å²) in [5.41, 5.74) is 2.14. The van der Waals surface area contributed by atoms with E-state index < -0.39 is 24.1 Å². The number of rotatable bonds is 11. The molecule has 1 N–H and O–H groups in total. The highest BCUT2D eigenvalue weighted by Gasteiger charge is 2.53. The summed E-state index contributed by atoms with van der Waals surface area (Å²) in [5.74, 6) is -1.84.